The van der Waals surface area contributed by atoms with E-state index < -0.39 is 0 Å². The third-order valence-corrected chi connectivity index (χ3v) is 4.77. The molecule has 3 nitrogen and oxygen atoms in total. The average Bonchev–Trinajstić information content (AvgIpc) is 2.32. The number of rotatable bonds is 3. The van der Waals surface area contributed by atoms with Crippen LogP contribution in [0.3, 0.4) is 0 Å². The van der Waals surface area contributed by atoms with E-state index in [1.807, 2.05) is 12.3 Å². The first kappa shape index (κ1) is 14.4. The molecule has 1 aromatic rings. The molecule has 1 saturated heterocycles. The monoisotopic (exact) mass is 375 g/mol. The fourth-order valence-corrected chi connectivity index (χ4v) is 3.42. The predicted octanol–water partition coefficient (Wildman–Crippen LogP) is 3.18. The fourth-order valence-electron chi connectivity index (χ4n) is 2.29. The highest BCUT2D eigenvalue weighted by atomic mass is 79.9. The zero-order valence-electron chi connectivity index (χ0n) is 10.8. The Morgan fingerprint density at radius 1 is 1.50 bits per heavy atom. The van der Waals surface area contributed by atoms with Crippen molar-refractivity contribution in [1.29, 1.82) is 0 Å². The smallest absolute Gasteiger partial charge is 0.0684 e. The Hall–Kier alpha value is 0.0300. The Kier molecular flexibility index (Phi) is 5.18. The first-order valence-corrected chi connectivity index (χ1v) is 7.88. The van der Waals surface area contributed by atoms with Crippen molar-refractivity contribution < 1.29 is 0 Å². The van der Waals surface area contributed by atoms with Crippen LogP contribution in [0, 0.1) is 0 Å². The molecule has 1 aromatic heterocycles. The molecule has 0 aromatic carbocycles. The summed E-state index contributed by atoms with van der Waals surface area (Å²) in [5, 5.41) is 3.61. The van der Waals surface area contributed by atoms with Crippen molar-refractivity contribution >= 4 is 31.9 Å². The molecule has 0 aliphatic carbocycles. The molecule has 1 N–H and O–H groups in total. The van der Waals surface area contributed by atoms with Gasteiger partial charge in [0.05, 0.1) is 5.69 Å². The molecule has 18 heavy (non-hydrogen) atoms. The molecule has 1 aliphatic rings. The Morgan fingerprint density at radius 3 is 2.94 bits per heavy atom. The van der Waals surface area contributed by atoms with Gasteiger partial charge < -0.3 is 10.2 Å². The second-order valence-electron chi connectivity index (χ2n) is 5.01. The van der Waals surface area contributed by atoms with Crippen LogP contribution in [0.25, 0.3) is 0 Å². The molecule has 0 radical (unpaired) electrons. The summed E-state index contributed by atoms with van der Waals surface area (Å²) in [4.78, 5) is 6.85. The third kappa shape index (κ3) is 3.76. The van der Waals surface area contributed by atoms with Crippen LogP contribution < -0.4 is 5.32 Å². The second kappa shape index (κ2) is 6.46. The Balaban J connectivity index is 1.88. The van der Waals surface area contributed by atoms with E-state index in [9.17, 15) is 0 Å². The number of hydrogen-bond donors (Lipinski definition) is 1. The molecule has 5 heteroatoms. The molecule has 0 bridgehead atoms. The fraction of sp³-hybridized carbons (Fsp3) is 0.615. The number of pyridine rings is 1. The summed E-state index contributed by atoms with van der Waals surface area (Å²) in [6, 6.07) is 3.31. The molecule has 0 amide bonds. The van der Waals surface area contributed by atoms with Gasteiger partial charge in [0.15, 0.2) is 0 Å². The molecule has 2 heterocycles. The highest BCUT2D eigenvalue weighted by Crippen LogP contribution is 2.20. The summed E-state index contributed by atoms with van der Waals surface area (Å²) in [7, 11) is 2.20. The van der Waals surface area contributed by atoms with Crippen LogP contribution in [-0.4, -0.2) is 35.6 Å². The molecule has 100 valence electrons. The average molecular weight is 377 g/mol. The van der Waals surface area contributed by atoms with Gasteiger partial charge in [0, 0.05) is 33.8 Å². The van der Waals surface area contributed by atoms with Crippen molar-refractivity contribution in [2.75, 3.05) is 13.6 Å². The SMILES string of the molecule is CC1CC(NCc2ncc(Br)cc2Br)CCN1C. The number of nitrogens with one attached hydrogen (secondary N) is 1. The van der Waals surface area contributed by atoms with Crippen LogP contribution in [0.2, 0.25) is 0 Å². The zero-order valence-corrected chi connectivity index (χ0v) is 14.0. The van der Waals surface area contributed by atoms with E-state index >= 15 is 0 Å². The standard InChI is InChI=1S/C13H19Br2N3/c1-9-5-11(3-4-18(9)2)16-8-13-12(15)6-10(14)7-17-13/h6-7,9,11,16H,3-5,8H2,1-2H3. The normalized spacial score (nSPS) is 25.3. The van der Waals surface area contributed by atoms with Crippen molar-refractivity contribution in [3.05, 3.63) is 26.9 Å². The van der Waals surface area contributed by atoms with Gasteiger partial charge in [-0.05, 0) is 71.3 Å². The number of aromatic nitrogens is 1. The van der Waals surface area contributed by atoms with Crippen LogP contribution in [0.4, 0.5) is 0 Å². The van der Waals surface area contributed by atoms with E-state index in [4.69, 9.17) is 0 Å². The highest BCUT2D eigenvalue weighted by molar-refractivity contribution is 9.11. The molecule has 0 saturated carbocycles. The zero-order chi connectivity index (χ0) is 13.1. The van der Waals surface area contributed by atoms with Crippen LogP contribution in [0.5, 0.6) is 0 Å². The van der Waals surface area contributed by atoms with Crippen molar-refractivity contribution in [2.24, 2.45) is 0 Å². The van der Waals surface area contributed by atoms with Crippen molar-refractivity contribution in [1.82, 2.24) is 15.2 Å². The molecular formula is C13H19Br2N3. The number of halogens is 2. The lowest BCUT2D eigenvalue weighted by atomic mass is 9.99. The summed E-state index contributed by atoms with van der Waals surface area (Å²) < 4.78 is 2.07. The molecule has 1 fully saturated rings. The minimum absolute atomic E-state index is 0.605. The first-order chi connectivity index (χ1) is 8.56. The van der Waals surface area contributed by atoms with Crippen molar-refractivity contribution in [3.8, 4) is 0 Å². The van der Waals surface area contributed by atoms with E-state index in [-0.39, 0.29) is 0 Å². The lowest BCUT2D eigenvalue weighted by Gasteiger charge is -2.35. The van der Waals surface area contributed by atoms with Crippen LogP contribution >= 0.6 is 31.9 Å². The molecular weight excluding hydrogens is 358 g/mol. The number of likely N-dealkylation sites (tertiary alicyclic amines) is 1. The van der Waals surface area contributed by atoms with E-state index in [1.165, 1.54) is 19.4 Å². The number of nitrogens with zero attached hydrogens (tertiary/aromatic N) is 2. The topological polar surface area (TPSA) is 28.2 Å². The molecule has 2 unspecified atom stereocenters. The maximum Gasteiger partial charge on any atom is 0.0684 e. The Bertz CT molecular complexity index is 411. The van der Waals surface area contributed by atoms with Gasteiger partial charge in [-0.15, -0.1) is 0 Å². The van der Waals surface area contributed by atoms with Gasteiger partial charge in [0.1, 0.15) is 0 Å². The molecule has 0 spiro atoms. The number of hydrogen-bond acceptors (Lipinski definition) is 3. The van der Waals surface area contributed by atoms with Gasteiger partial charge in [0.25, 0.3) is 0 Å². The van der Waals surface area contributed by atoms with Crippen molar-refractivity contribution in [3.63, 3.8) is 0 Å². The van der Waals surface area contributed by atoms with E-state index in [0.29, 0.717) is 12.1 Å². The Morgan fingerprint density at radius 2 is 2.28 bits per heavy atom. The summed E-state index contributed by atoms with van der Waals surface area (Å²) in [6.45, 7) is 4.30. The summed E-state index contributed by atoms with van der Waals surface area (Å²) in [5.41, 5.74) is 1.07. The van der Waals surface area contributed by atoms with Crippen molar-refractivity contribution in [2.45, 2.75) is 38.4 Å². The van der Waals surface area contributed by atoms with Gasteiger partial charge in [-0.3, -0.25) is 4.98 Å². The molecule has 2 atom stereocenters. The lowest BCUT2D eigenvalue weighted by molar-refractivity contribution is 0.168. The minimum atomic E-state index is 0.605. The van der Waals surface area contributed by atoms with Gasteiger partial charge >= 0.3 is 0 Å². The predicted molar refractivity (Wildman–Crippen MR) is 81.6 cm³/mol. The lowest BCUT2D eigenvalue weighted by Crippen LogP contribution is -2.45. The van der Waals surface area contributed by atoms with Gasteiger partial charge in [-0.25, -0.2) is 0 Å². The van der Waals surface area contributed by atoms with Crippen LogP contribution in [0.15, 0.2) is 21.2 Å². The minimum Gasteiger partial charge on any atom is -0.308 e. The van der Waals surface area contributed by atoms with Crippen LogP contribution in [0.1, 0.15) is 25.5 Å². The largest absolute Gasteiger partial charge is 0.308 e. The van der Waals surface area contributed by atoms with Gasteiger partial charge in [-0.2, -0.15) is 0 Å². The van der Waals surface area contributed by atoms with Crippen LogP contribution in [-0.2, 0) is 6.54 Å². The van der Waals surface area contributed by atoms with E-state index in [1.54, 1.807) is 0 Å². The van der Waals surface area contributed by atoms with Gasteiger partial charge in [-0.1, -0.05) is 0 Å². The van der Waals surface area contributed by atoms with E-state index in [2.05, 4.69) is 61.0 Å². The Labute approximate surface area is 126 Å². The highest BCUT2D eigenvalue weighted by Gasteiger charge is 2.22. The molecule has 2 rings (SSSR count). The number of piperidine rings is 1. The maximum absolute atomic E-state index is 4.43. The summed E-state index contributed by atoms with van der Waals surface area (Å²) in [5.74, 6) is 0. The van der Waals surface area contributed by atoms with Gasteiger partial charge in [0.2, 0.25) is 0 Å². The third-order valence-electron chi connectivity index (χ3n) is 3.65. The summed E-state index contributed by atoms with van der Waals surface area (Å²) in [6.07, 6.45) is 4.28. The summed E-state index contributed by atoms with van der Waals surface area (Å²) >= 11 is 6.97. The molecule has 1 aliphatic heterocycles. The quantitative estimate of drug-likeness (QED) is 0.877. The maximum atomic E-state index is 4.43. The second-order valence-corrected chi connectivity index (χ2v) is 6.78. The first-order valence-electron chi connectivity index (χ1n) is 6.30. The van der Waals surface area contributed by atoms with E-state index in [0.717, 1.165) is 21.2 Å².